The van der Waals surface area contributed by atoms with Crippen molar-refractivity contribution in [3.63, 3.8) is 0 Å². The van der Waals surface area contributed by atoms with Crippen LogP contribution in [-0.4, -0.2) is 80.3 Å². The van der Waals surface area contributed by atoms with Gasteiger partial charge in [-0.25, -0.2) is 0 Å². The fraction of sp³-hybridized carbons (Fsp3) is 0.842. The van der Waals surface area contributed by atoms with Gasteiger partial charge in [0.15, 0.2) is 12.1 Å². The van der Waals surface area contributed by atoms with E-state index in [1.54, 1.807) is 13.8 Å². The van der Waals surface area contributed by atoms with Crippen molar-refractivity contribution in [1.29, 1.82) is 0 Å². The van der Waals surface area contributed by atoms with Crippen LogP contribution in [0.15, 0.2) is 11.6 Å². The van der Waals surface area contributed by atoms with Crippen molar-refractivity contribution in [2.75, 3.05) is 6.61 Å². The van der Waals surface area contributed by atoms with E-state index in [9.17, 15) is 30.3 Å². The molecule has 1 heterocycles. The number of aliphatic hydroxyl groups is 5. The molecular formula is C19H32O8. The van der Waals surface area contributed by atoms with E-state index in [2.05, 4.69) is 0 Å². The molecule has 0 aromatic carbocycles. The van der Waals surface area contributed by atoms with E-state index in [0.29, 0.717) is 18.4 Å². The average Bonchev–Trinajstić information content (AvgIpc) is 2.58. The van der Waals surface area contributed by atoms with Crippen LogP contribution in [0.25, 0.3) is 0 Å². The van der Waals surface area contributed by atoms with Crippen LogP contribution in [0.5, 0.6) is 0 Å². The second-order valence-electron chi connectivity index (χ2n) is 8.40. The molecule has 5 N–H and O–H groups in total. The zero-order valence-electron chi connectivity index (χ0n) is 16.3. The highest BCUT2D eigenvalue weighted by Gasteiger charge is 2.49. The number of ketones is 1. The van der Waals surface area contributed by atoms with Crippen LogP contribution < -0.4 is 0 Å². The molecule has 156 valence electrons. The van der Waals surface area contributed by atoms with Gasteiger partial charge in [-0.3, -0.25) is 4.79 Å². The number of hydrogen-bond acceptors (Lipinski definition) is 8. The Labute approximate surface area is 159 Å². The van der Waals surface area contributed by atoms with Gasteiger partial charge in [0.05, 0.1) is 18.3 Å². The minimum absolute atomic E-state index is 0.00667. The van der Waals surface area contributed by atoms with Crippen LogP contribution in [0.4, 0.5) is 0 Å². The number of allylic oxidation sites excluding steroid dienone is 1. The third-order valence-electron chi connectivity index (χ3n) is 5.89. The molecule has 0 aromatic heterocycles. The summed E-state index contributed by atoms with van der Waals surface area (Å²) in [7, 11) is 0. The fourth-order valence-corrected chi connectivity index (χ4v) is 3.95. The van der Waals surface area contributed by atoms with Gasteiger partial charge in [0.25, 0.3) is 0 Å². The third-order valence-corrected chi connectivity index (χ3v) is 5.89. The maximum absolute atomic E-state index is 11.8. The van der Waals surface area contributed by atoms with Crippen molar-refractivity contribution < 1.29 is 39.8 Å². The summed E-state index contributed by atoms with van der Waals surface area (Å²) in [6.45, 7) is 6.66. The Morgan fingerprint density at radius 1 is 1.26 bits per heavy atom. The van der Waals surface area contributed by atoms with Gasteiger partial charge in [-0.05, 0) is 38.3 Å². The summed E-state index contributed by atoms with van der Waals surface area (Å²) in [5.74, 6) is -0.00667. The van der Waals surface area contributed by atoms with Gasteiger partial charge in [-0.1, -0.05) is 13.8 Å². The van der Waals surface area contributed by atoms with Crippen molar-refractivity contribution >= 4 is 5.78 Å². The van der Waals surface area contributed by atoms with E-state index < -0.39 is 54.4 Å². The van der Waals surface area contributed by atoms with Gasteiger partial charge in [0, 0.05) is 11.8 Å². The largest absolute Gasteiger partial charge is 0.394 e. The number of ether oxygens (including phenoxy) is 2. The normalized spacial score (nSPS) is 40.6. The molecule has 2 rings (SSSR count). The first-order valence-corrected chi connectivity index (χ1v) is 9.33. The van der Waals surface area contributed by atoms with Crippen LogP contribution in [0.3, 0.4) is 0 Å². The highest BCUT2D eigenvalue weighted by Crippen LogP contribution is 2.46. The summed E-state index contributed by atoms with van der Waals surface area (Å²) in [5.41, 5.74) is -1.16. The van der Waals surface area contributed by atoms with Crippen molar-refractivity contribution in [2.24, 2.45) is 5.41 Å². The van der Waals surface area contributed by atoms with Crippen molar-refractivity contribution in [2.45, 2.75) is 89.4 Å². The predicted molar refractivity (Wildman–Crippen MR) is 95.7 cm³/mol. The summed E-state index contributed by atoms with van der Waals surface area (Å²) >= 11 is 0. The first kappa shape index (κ1) is 22.4. The molecule has 0 unspecified atom stereocenters. The zero-order chi connectivity index (χ0) is 20.6. The zero-order valence-corrected chi connectivity index (χ0v) is 16.3. The van der Waals surface area contributed by atoms with E-state index in [1.165, 1.54) is 6.08 Å². The molecule has 0 bridgehead atoms. The Morgan fingerprint density at radius 2 is 1.89 bits per heavy atom. The second-order valence-corrected chi connectivity index (χ2v) is 8.40. The van der Waals surface area contributed by atoms with Crippen LogP contribution in [0.2, 0.25) is 0 Å². The lowest BCUT2D eigenvalue weighted by molar-refractivity contribution is -0.310. The minimum atomic E-state index is -1.49. The molecular weight excluding hydrogens is 356 g/mol. The molecule has 8 heteroatoms. The Bertz CT molecular complexity index is 572. The summed E-state index contributed by atoms with van der Waals surface area (Å²) in [4.78, 5) is 11.8. The quantitative estimate of drug-likeness (QED) is 0.416. The third kappa shape index (κ3) is 4.42. The molecule has 8 nitrogen and oxygen atoms in total. The molecule has 0 saturated carbocycles. The molecule has 27 heavy (non-hydrogen) atoms. The lowest BCUT2D eigenvalue weighted by Crippen LogP contribution is -2.59. The lowest BCUT2D eigenvalue weighted by atomic mass is 9.63. The van der Waals surface area contributed by atoms with Crippen molar-refractivity contribution in [3.05, 3.63) is 11.6 Å². The Balaban J connectivity index is 2.00. The van der Waals surface area contributed by atoms with Gasteiger partial charge in [-0.15, -0.1) is 0 Å². The first-order chi connectivity index (χ1) is 12.4. The maximum atomic E-state index is 11.8. The van der Waals surface area contributed by atoms with E-state index in [0.717, 1.165) is 0 Å². The molecule has 7 atom stereocenters. The van der Waals surface area contributed by atoms with Crippen molar-refractivity contribution in [3.8, 4) is 0 Å². The second kappa shape index (κ2) is 8.24. The first-order valence-electron chi connectivity index (χ1n) is 9.33. The van der Waals surface area contributed by atoms with Crippen LogP contribution in [0, 0.1) is 5.41 Å². The van der Waals surface area contributed by atoms with Gasteiger partial charge >= 0.3 is 0 Å². The number of hydrogen-bond donors (Lipinski definition) is 5. The Kier molecular flexibility index (Phi) is 6.85. The number of carbonyl (C=O) groups is 1. The summed E-state index contributed by atoms with van der Waals surface area (Å²) in [6.07, 6.45) is -4.59. The smallest absolute Gasteiger partial charge is 0.186 e. The summed E-state index contributed by atoms with van der Waals surface area (Å²) in [5, 5.41) is 50.1. The predicted octanol–water partition coefficient (Wildman–Crippen LogP) is -0.352. The minimum Gasteiger partial charge on any atom is -0.394 e. The van der Waals surface area contributed by atoms with Gasteiger partial charge in [-0.2, -0.15) is 0 Å². The molecule has 2 aliphatic rings. The van der Waals surface area contributed by atoms with Gasteiger partial charge in [0.2, 0.25) is 0 Å². The molecule has 0 aromatic rings. The fourth-order valence-electron chi connectivity index (χ4n) is 3.95. The Hall–Kier alpha value is -0.870. The van der Waals surface area contributed by atoms with Crippen molar-refractivity contribution in [1.82, 2.24) is 0 Å². The number of rotatable bonds is 6. The molecule has 0 amide bonds. The van der Waals surface area contributed by atoms with Gasteiger partial charge < -0.3 is 35.0 Å². The van der Waals surface area contributed by atoms with Crippen LogP contribution in [0.1, 0.15) is 47.0 Å². The van der Waals surface area contributed by atoms with Crippen LogP contribution in [-0.2, 0) is 14.3 Å². The highest BCUT2D eigenvalue weighted by atomic mass is 16.7. The molecule has 0 spiro atoms. The van der Waals surface area contributed by atoms with Crippen LogP contribution >= 0.6 is 0 Å². The standard InChI is InChI=1S/C19H32O8/c1-10-7-12(21)8-18(3,4)19(10,25)6-5-11(2)26-17-16(24)15(23)14(22)13(9-20)27-17/h7,11,13-17,20,22-25H,5-6,8-9H2,1-4H3/t11-,13-,14-,15+,16-,17-,19-/m1/s1. The van der Waals surface area contributed by atoms with E-state index in [1.807, 2.05) is 13.8 Å². The molecule has 1 aliphatic carbocycles. The topological polar surface area (TPSA) is 137 Å². The van der Waals surface area contributed by atoms with E-state index >= 15 is 0 Å². The summed E-state index contributed by atoms with van der Waals surface area (Å²) in [6, 6.07) is 0. The number of carbonyl (C=O) groups excluding carboxylic acids is 1. The molecule has 1 saturated heterocycles. The number of aliphatic hydroxyl groups excluding tert-OH is 4. The summed E-state index contributed by atoms with van der Waals surface area (Å²) < 4.78 is 11.0. The monoisotopic (exact) mass is 388 g/mol. The SMILES string of the molecule is CC1=CC(=O)CC(C)(C)[C@@]1(O)CC[C@@H](C)O[C@@H]1O[C@H](CO)[C@@H](O)[C@H](O)[C@H]1O. The average molecular weight is 388 g/mol. The molecule has 0 radical (unpaired) electrons. The molecule has 1 aliphatic heterocycles. The highest BCUT2D eigenvalue weighted by molar-refractivity contribution is 5.92. The van der Waals surface area contributed by atoms with E-state index in [-0.39, 0.29) is 12.2 Å². The Morgan fingerprint density at radius 3 is 2.44 bits per heavy atom. The maximum Gasteiger partial charge on any atom is 0.186 e. The van der Waals surface area contributed by atoms with Gasteiger partial charge in [0.1, 0.15) is 24.4 Å². The lowest BCUT2D eigenvalue weighted by Gasteiger charge is -2.46. The molecule has 1 fully saturated rings. The van der Waals surface area contributed by atoms with E-state index in [4.69, 9.17) is 9.47 Å².